The lowest BCUT2D eigenvalue weighted by Gasteiger charge is -2.16. The minimum atomic E-state index is 0.380. The summed E-state index contributed by atoms with van der Waals surface area (Å²) in [6.45, 7) is 2.85. The predicted octanol–water partition coefficient (Wildman–Crippen LogP) is 4.30. The van der Waals surface area contributed by atoms with Crippen molar-refractivity contribution in [3.05, 3.63) is 69.7 Å². The van der Waals surface area contributed by atoms with Gasteiger partial charge in [-0.2, -0.15) is 0 Å². The summed E-state index contributed by atoms with van der Waals surface area (Å²) in [6.07, 6.45) is 2.09. The standard InChI is InChI=1S/C17H20BrN/c1-2-13-6-8-14(9-7-13)10-16(12-19)15-4-3-5-17(18)11-15/h3-9,11,16H,2,10,12,19H2,1H3. The molecule has 0 saturated heterocycles. The Morgan fingerprint density at radius 1 is 1.05 bits per heavy atom. The van der Waals surface area contributed by atoms with Gasteiger partial charge in [-0.25, -0.2) is 0 Å². The SMILES string of the molecule is CCc1ccc(CC(CN)c2cccc(Br)c2)cc1. The first-order valence-electron chi connectivity index (χ1n) is 6.76. The third-order valence-electron chi connectivity index (χ3n) is 3.52. The Bertz CT molecular complexity index is 519. The van der Waals surface area contributed by atoms with Gasteiger partial charge in [0.2, 0.25) is 0 Å². The van der Waals surface area contributed by atoms with Crippen LogP contribution in [0, 0.1) is 0 Å². The maximum atomic E-state index is 5.94. The molecule has 1 unspecified atom stereocenters. The van der Waals surface area contributed by atoms with Gasteiger partial charge < -0.3 is 5.73 Å². The summed E-state index contributed by atoms with van der Waals surface area (Å²) < 4.78 is 1.12. The molecule has 0 aliphatic heterocycles. The van der Waals surface area contributed by atoms with E-state index in [0.717, 1.165) is 17.3 Å². The number of benzene rings is 2. The highest BCUT2D eigenvalue weighted by Crippen LogP contribution is 2.23. The van der Waals surface area contributed by atoms with E-state index in [1.807, 2.05) is 6.07 Å². The first-order chi connectivity index (χ1) is 9.22. The Kier molecular flexibility index (Phi) is 5.17. The molecule has 0 radical (unpaired) electrons. The molecule has 0 bridgehead atoms. The molecular formula is C17H20BrN. The zero-order valence-electron chi connectivity index (χ0n) is 11.3. The second kappa shape index (κ2) is 6.88. The third-order valence-corrected chi connectivity index (χ3v) is 4.01. The average molecular weight is 318 g/mol. The van der Waals surface area contributed by atoms with Gasteiger partial charge in [-0.15, -0.1) is 0 Å². The highest BCUT2D eigenvalue weighted by molar-refractivity contribution is 9.10. The Morgan fingerprint density at radius 2 is 1.74 bits per heavy atom. The molecule has 0 aromatic heterocycles. The molecule has 100 valence electrons. The number of hydrogen-bond acceptors (Lipinski definition) is 1. The van der Waals surface area contributed by atoms with E-state index in [0.29, 0.717) is 12.5 Å². The highest BCUT2D eigenvalue weighted by atomic mass is 79.9. The summed E-state index contributed by atoms with van der Waals surface area (Å²) >= 11 is 3.52. The second-order valence-corrected chi connectivity index (χ2v) is 5.78. The Balaban J connectivity index is 2.14. The van der Waals surface area contributed by atoms with E-state index < -0.39 is 0 Å². The fraction of sp³-hybridized carbons (Fsp3) is 0.294. The van der Waals surface area contributed by atoms with Crippen molar-refractivity contribution < 1.29 is 0 Å². The quantitative estimate of drug-likeness (QED) is 0.874. The van der Waals surface area contributed by atoms with Crippen molar-refractivity contribution in [1.29, 1.82) is 0 Å². The molecule has 1 nitrogen and oxygen atoms in total. The van der Waals surface area contributed by atoms with Gasteiger partial charge in [0, 0.05) is 10.4 Å². The van der Waals surface area contributed by atoms with Gasteiger partial charge in [0.25, 0.3) is 0 Å². The van der Waals surface area contributed by atoms with Crippen LogP contribution >= 0.6 is 15.9 Å². The minimum absolute atomic E-state index is 0.380. The van der Waals surface area contributed by atoms with Gasteiger partial charge in [0.1, 0.15) is 0 Å². The van der Waals surface area contributed by atoms with Gasteiger partial charge in [0.05, 0.1) is 0 Å². The monoisotopic (exact) mass is 317 g/mol. The minimum Gasteiger partial charge on any atom is -0.330 e. The van der Waals surface area contributed by atoms with Crippen LogP contribution in [0.25, 0.3) is 0 Å². The van der Waals surface area contributed by atoms with Crippen molar-refractivity contribution in [1.82, 2.24) is 0 Å². The molecule has 0 spiro atoms. The van der Waals surface area contributed by atoms with Crippen molar-refractivity contribution in [3.63, 3.8) is 0 Å². The van der Waals surface area contributed by atoms with Gasteiger partial charge in [-0.3, -0.25) is 0 Å². The van der Waals surface area contributed by atoms with E-state index in [4.69, 9.17) is 5.73 Å². The first kappa shape index (κ1) is 14.3. The van der Waals surface area contributed by atoms with Crippen LogP contribution in [0.2, 0.25) is 0 Å². The molecular weight excluding hydrogens is 298 g/mol. The van der Waals surface area contributed by atoms with Gasteiger partial charge in [0.15, 0.2) is 0 Å². The van der Waals surface area contributed by atoms with Crippen LogP contribution in [-0.4, -0.2) is 6.54 Å². The van der Waals surface area contributed by atoms with Crippen molar-refractivity contribution in [2.45, 2.75) is 25.7 Å². The van der Waals surface area contributed by atoms with Gasteiger partial charge in [-0.05, 0) is 48.2 Å². The first-order valence-corrected chi connectivity index (χ1v) is 7.55. The van der Waals surface area contributed by atoms with Crippen molar-refractivity contribution in [3.8, 4) is 0 Å². The molecule has 0 aliphatic carbocycles. The van der Waals surface area contributed by atoms with Crippen LogP contribution in [-0.2, 0) is 12.8 Å². The van der Waals surface area contributed by atoms with Crippen molar-refractivity contribution in [2.75, 3.05) is 6.54 Å². The van der Waals surface area contributed by atoms with E-state index in [1.54, 1.807) is 0 Å². The normalized spacial score (nSPS) is 12.4. The van der Waals surface area contributed by atoms with Crippen LogP contribution in [0.1, 0.15) is 29.5 Å². The summed E-state index contributed by atoms with van der Waals surface area (Å²) in [5.41, 5.74) is 9.98. The van der Waals surface area contributed by atoms with Crippen LogP contribution in [0.3, 0.4) is 0 Å². The molecule has 2 heteroatoms. The summed E-state index contributed by atoms with van der Waals surface area (Å²) in [6, 6.07) is 17.3. The molecule has 0 amide bonds. The maximum absolute atomic E-state index is 5.94. The zero-order chi connectivity index (χ0) is 13.7. The van der Waals surface area contributed by atoms with Crippen molar-refractivity contribution >= 4 is 15.9 Å². The molecule has 2 aromatic rings. The second-order valence-electron chi connectivity index (χ2n) is 4.86. The molecule has 19 heavy (non-hydrogen) atoms. The molecule has 0 heterocycles. The largest absolute Gasteiger partial charge is 0.330 e. The van der Waals surface area contributed by atoms with Crippen LogP contribution < -0.4 is 5.73 Å². The lowest BCUT2D eigenvalue weighted by molar-refractivity contribution is 0.694. The molecule has 2 N–H and O–H groups in total. The number of halogens is 1. The lowest BCUT2D eigenvalue weighted by Crippen LogP contribution is -2.15. The van der Waals surface area contributed by atoms with E-state index >= 15 is 0 Å². The number of rotatable bonds is 5. The molecule has 0 fully saturated rings. The number of aryl methyl sites for hydroxylation is 1. The zero-order valence-corrected chi connectivity index (χ0v) is 12.9. The van der Waals surface area contributed by atoms with E-state index in [-0.39, 0.29) is 0 Å². The summed E-state index contributed by atoms with van der Waals surface area (Å²) in [5.74, 6) is 0.380. The summed E-state index contributed by atoms with van der Waals surface area (Å²) in [5, 5.41) is 0. The van der Waals surface area contributed by atoms with Crippen LogP contribution in [0.15, 0.2) is 53.0 Å². The van der Waals surface area contributed by atoms with Gasteiger partial charge in [-0.1, -0.05) is 59.3 Å². The Morgan fingerprint density at radius 3 is 2.32 bits per heavy atom. The fourth-order valence-electron chi connectivity index (χ4n) is 2.29. The summed E-state index contributed by atoms with van der Waals surface area (Å²) in [4.78, 5) is 0. The molecule has 0 aliphatic rings. The lowest BCUT2D eigenvalue weighted by atomic mass is 9.92. The topological polar surface area (TPSA) is 26.0 Å². The van der Waals surface area contributed by atoms with E-state index in [9.17, 15) is 0 Å². The Labute approximate surface area is 124 Å². The van der Waals surface area contributed by atoms with Crippen molar-refractivity contribution in [2.24, 2.45) is 5.73 Å². The van der Waals surface area contributed by atoms with Gasteiger partial charge >= 0.3 is 0 Å². The van der Waals surface area contributed by atoms with Crippen LogP contribution in [0.4, 0.5) is 0 Å². The molecule has 2 rings (SSSR count). The summed E-state index contributed by atoms with van der Waals surface area (Å²) in [7, 11) is 0. The molecule has 2 aromatic carbocycles. The van der Waals surface area contributed by atoms with Crippen LogP contribution in [0.5, 0.6) is 0 Å². The van der Waals surface area contributed by atoms with E-state index in [1.165, 1.54) is 16.7 Å². The third kappa shape index (κ3) is 3.92. The number of hydrogen-bond donors (Lipinski definition) is 1. The smallest absolute Gasteiger partial charge is 0.0178 e. The average Bonchev–Trinajstić information content (AvgIpc) is 2.45. The molecule has 0 saturated carbocycles. The number of nitrogens with two attached hydrogens (primary N) is 1. The fourth-order valence-corrected chi connectivity index (χ4v) is 2.71. The predicted molar refractivity (Wildman–Crippen MR) is 85.5 cm³/mol. The Hall–Kier alpha value is -1.12. The van der Waals surface area contributed by atoms with E-state index in [2.05, 4.69) is 65.3 Å². The molecule has 1 atom stereocenters. The maximum Gasteiger partial charge on any atom is 0.0178 e. The highest BCUT2D eigenvalue weighted by Gasteiger charge is 2.11.